The Hall–Kier alpha value is 1.18. The van der Waals surface area contributed by atoms with Gasteiger partial charge >= 0.3 is 0 Å². The van der Waals surface area contributed by atoms with Gasteiger partial charge in [-0.1, -0.05) is 0 Å². The van der Waals surface area contributed by atoms with Crippen LogP contribution in [0.4, 0.5) is 0 Å². The summed E-state index contributed by atoms with van der Waals surface area (Å²) in [5.41, 5.74) is 4.95. The van der Waals surface area contributed by atoms with Gasteiger partial charge in [-0.25, -0.2) is 0 Å². The summed E-state index contributed by atoms with van der Waals surface area (Å²) in [7, 11) is 0. The van der Waals surface area contributed by atoms with Crippen molar-refractivity contribution < 1.29 is 0 Å². The van der Waals surface area contributed by atoms with Crippen LogP contribution in [0.1, 0.15) is 0 Å². The Morgan fingerprint density at radius 3 is 1.29 bits per heavy atom. The largest absolute Gasteiger partial charge is 0.330 e. The van der Waals surface area contributed by atoms with E-state index in [1.54, 1.807) is 0 Å². The summed E-state index contributed by atoms with van der Waals surface area (Å²) in [6, 6.07) is 0. The Morgan fingerprint density at radius 1 is 1.14 bits per heavy atom. The second kappa shape index (κ2) is 27.1. The van der Waals surface area contributed by atoms with Crippen molar-refractivity contribution in [2.24, 2.45) is 5.73 Å². The third-order valence-corrected chi connectivity index (χ3v) is 0.387. The van der Waals surface area contributed by atoms with Crippen LogP contribution in [0.3, 0.4) is 0 Å². The molecule has 0 saturated carbocycles. The molecule has 0 heterocycles. The van der Waals surface area contributed by atoms with Gasteiger partial charge in [0.25, 0.3) is 0 Å². The number of hydrogen-bond donors (Lipinski definition) is 2. The van der Waals surface area contributed by atoms with Crippen molar-refractivity contribution in [1.82, 2.24) is 0 Å². The van der Waals surface area contributed by atoms with Crippen LogP contribution in [0, 0.1) is 0 Å². The van der Waals surface area contributed by atoms with Gasteiger partial charge in [-0.05, 0) is 0 Å². The lowest BCUT2D eigenvalue weighted by atomic mass is 10.8. The number of nitrogens with two attached hydrogens (primary N) is 1. The van der Waals surface area contributed by atoms with Gasteiger partial charge in [0, 0.05) is 12.3 Å². The zero-order valence-electron chi connectivity index (χ0n) is 3.66. The summed E-state index contributed by atoms with van der Waals surface area (Å²) in [6.07, 6.45) is 0. The van der Waals surface area contributed by atoms with Crippen LogP contribution in [0.15, 0.2) is 0 Å². The highest BCUT2D eigenvalue weighted by molar-refractivity contribution is 7.80. The van der Waals surface area contributed by atoms with Crippen molar-refractivity contribution in [3.63, 3.8) is 0 Å². The van der Waals surface area contributed by atoms with E-state index in [0.29, 0.717) is 6.54 Å². The van der Waals surface area contributed by atoms with E-state index in [4.69, 9.17) is 5.73 Å². The van der Waals surface area contributed by atoms with Crippen LogP contribution < -0.4 is 5.73 Å². The lowest BCUT2D eigenvalue weighted by molar-refractivity contribution is 1.16. The van der Waals surface area contributed by atoms with Gasteiger partial charge in [0.15, 0.2) is 0 Å². The first-order valence-electron chi connectivity index (χ1n) is 1.22. The van der Waals surface area contributed by atoms with E-state index in [1.807, 2.05) is 0 Å². The first-order valence-corrected chi connectivity index (χ1v) is 1.86. The molecular weight excluding hydrogens is 176 g/mol. The fourth-order valence-electron chi connectivity index (χ4n) is 0. The van der Waals surface area contributed by atoms with Crippen molar-refractivity contribution >= 4 is 49.8 Å². The van der Waals surface area contributed by atoms with Crippen LogP contribution in [0.2, 0.25) is 0 Å². The van der Waals surface area contributed by atoms with Gasteiger partial charge in [0.2, 0.25) is 0 Å². The number of halogens is 3. The van der Waals surface area contributed by atoms with Gasteiger partial charge in [-0.15, -0.1) is 37.2 Å². The van der Waals surface area contributed by atoms with Gasteiger partial charge in [-0.3, -0.25) is 0 Å². The predicted octanol–water partition coefficient (Wildman–Crippen LogP) is 1.14. The minimum atomic E-state index is 0. The molecule has 7 heavy (non-hydrogen) atoms. The van der Waals surface area contributed by atoms with Gasteiger partial charge in [-0.2, -0.15) is 12.6 Å². The predicted molar refractivity (Wildman–Crippen MR) is 44.7 cm³/mol. The van der Waals surface area contributed by atoms with Crippen LogP contribution >= 0.6 is 49.8 Å². The number of hydrogen-bond acceptors (Lipinski definition) is 2. The molecule has 0 aromatic rings. The molecule has 0 aliphatic rings. The molecule has 0 atom stereocenters. The van der Waals surface area contributed by atoms with Crippen molar-refractivity contribution in [2.45, 2.75) is 0 Å². The molecule has 1 nitrogen and oxygen atoms in total. The minimum absolute atomic E-state index is 0. The first kappa shape index (κ1) is 24.1. The lowest BCUT2D eigenvalue weighted by Gasteiger charge is -1.69. The Morgan fingerprint density at radius 2 is 1.29 bits per heavy atom. The maximum absolute atomic E-state index is 4.95. The van der Waals surface area contributed by atoms with Crippen LogP contribution in [-0.2, 0) is 0 Å². The van der Waals surface area contributed by atoms with Crippen molar-refractivity contribution in [1.29, 1.82) is 0 Å². The van der Waals surface area contributed by atoms with E-state index in [1.165, 1.54) is 0 Å². The summed E-state index contributed by atoms with van der Waals surface area (Å²) in [5, 5.41) is 0. The molecule has 0 aromatic carbocycles. The molecule has 0 unspecified atom stereocenters. The average molecular weight is 187 g/mol. The van der Waals surface area contributed by atoms with Gasteiger partial charge in [0.1, 0.15) is 0 Å². The molecule has 0 aromatic heterocycles. The topological polar surface area (TPSA) is 26.0 Å². The van der Waals surface area contributed by atoms with Gasteiger partial charge < -0.3 is 5.73 Å². The van der Waals surface area contributed by atoms with Crippen LogP contribution in [0.5, 0.6) is 0 Å². The maximum atomic E-state index is 4.95. The van der Waals surface area contributed by atoms with Crippen molar-refractivity contribution in [3.8, 4) is 0 Å². The third kappa shape index (κ3) is 40.5. The molecular formula is C2H10Cl3NS. The number of thiol groups is 1. The smallest absolute Gasteiger partial charge is 0.00255 e. The highest BCUT2D eigenvalue weighted by atomic mass is 35.5. The monoisotopic (exact) mass is 185 g/mol. The van der Waals surface area contributed by atoms with Crippen molar-refractivity contribution in [2.75, 3.05) is 12.3 Å². The highest BCUT2D eigenvalue weighted by Gasteiger charge is 1.56. The zero-order valence-corrected chi connectivity index (χ0v) is 7.01. The Labute approximate surface area is 68.1 Å². The molecule has 0 fully saturated rings. The zero-order chi connectivity index (χ0) is 3.41. The van der Waals surface area contributed by atoms with Crippen molar-refractivity contribution in [3.05, 3.63) is 0 Å². The number of rotatable bonds is 1. The summed E-state index contributed by atoms with van der Waals surface area (Å²) >= 11 is 3.80. The third-order valence-electron chi connectivity index (χ3n) is 0.129. The second-order valence-electron chi connectivity index (χ2n) is 0.512. The highest BCUT2D eigenvalue weighted by Crippen LogP contribution is 1.58. The second-order valence-corrected chi connectivity index (χ2v) is 0.959. The molecule has 0 rings (SSSR count). The normalized spacial score (nSPS) is 4.29. The standard InChI is InChI=1S/C2H7NS.3ClH/c3-1-2-4;;;/h4H,1-3H2;3*1H. The molecule has 0 saturated heterocycles. The van der Waals surface area contributed by atoms with E-state index in [0.717, 1.165) is 5.75 Å². The lowest BCUT2D eigenvalue weighted by Crippen LogP contribution is -1.97. The Balaban J connectivity index is -0.0000000150. The molecule has 50 valence electrons. The fraction of sp³-hybridized carbons (Fsp3) is 1.00. The summed E-state index contributed by atoms with van der Waals surface area (Å²) in [4.78, 5) is 0. The van der Waals surface area contributed by atoms with Gasteiger partial charge in [0.05, 0.1) is 0 Å². The van der Waals surface area contributed by atoms with E-state index in [-0.39, 0.29) is 37.2 Å². The maximum Gasteiger partial charge on any atom is 0.00255 e. The molecule has 0 bridgehead atoms. The SMILES string of the molecule is Cl.Cl.Cl.NCCS. The van der Waals surface area contributed by atoms with E-state index >= 15 is 0 Å². The molecule has 0 aliphatic heterocycles. The first-order chi connectivity index (χ1) is 1.91. The summed E-state index contributed by atoms with van der Waals surface area (Å²) < 4.78 is 0. The Bertz CT molecular complexity index is 14.9. The minimum Gasteiger partial charge on any atom is -0.330 e. The Kier molecular flexibility index (Phi) is 93.5. The average Bonchev–Trinajstić information content (AvgIpc) is 1.37. The van der Waals surface area contributed by atoms with E-state index in [2.05, 4.69) is 12.6 Å². The molecule has 0 radical (unpaired) electrons. The molecule has 0 aliphatic carbocycles. The summed E-state index contributed by atoms with van der Waals surface area (Å²) in [5.74, 6) is 0.792. The molecule has 5 heteroatoms. The molecule has 0 spiro atoms. The van der Waals surface area contributed by atoms with Crippen LogP contribution in [0.25, 0.3) is 0 Å². The fourth-order valence-corrected chi connectivity index (χ4v) is 0. The van der Waals surface area contributed by atoms with Crippen LogP contribution in [-0.4, -0.2) is 12.3 Å². The quantitative estimate of drug-likeness (QED) is 0.590. The summed E-state index contributed by atoms with van der Waals surface area (Å²) in [6.45, 7) is 0.684. The molecule has 2 N–H and O–H groups in total. The van der Waals surface area contributed by atoms with E-state index < -0.39 is 0 Å². The molecule has 0 amide bonds. The van der Waals surface area contributed by atoms with E-state index in [9.17, 15) is 0 Å².